The van der Waals surface area contributed by atoms with Crippen molar-refractivity contribution in [1.82, 2.24) is 0 Å². The van der Waals surface area contributed by atoms with E-state index in [0.29, 0.717) is 0 Å². The fourth-order valence-electron chi connectivity index (χ4n) is 1.71. The number of rotatable bonds is 4. The highest BCUT2D eigenvalue weighted by Gasteiger charge is 2.14. The second-order valence-corrected chi connectivity index (χ2v) is 4.42. The summed E-state index contributed by atoms with van der Waals surface area (Å²) >= 11 is 1.64. The summed E-state index contributed by atoms with van der Waals surface area (Å²) < 4.78 is 10.5. The lowest BCUT2D eigenvalue weighted by atomic mass is 10.0. The molecule has 2 rings (SSSR count). The third-order valence-electron chi connectivity index (χ3n) is 2.68. The Morgan fingerprint density at radius 3 is 2.59 bits per heavy atom. The van der Waals surface area contributed by atoms with E-state index in [0.717, 1.165) is 22.6 Å². The minimum absolute atomic E-state index is 0.165. The lowest BCUT2D eigenvalue weighted by molar-refractivity contribution is 0.390. The SMILES string of the molecule is COc1ccc([C@@H](N)c2ccsc2)c(OC)c1. The van der Waals surface area contributed by atoms with E-state index in [1.54, 1.807) is 25.6 Å². The van der Waals surface area contributed by atoms with Gasteiger partial charge < -0.3 is 15.2 Å². The molecule has 0 spiro atoms. The van der Waals surface area contributed by atoms with E-state index in [2.05, 4.69) is 0 Å². The molecular weight excluding hydrogens is 234 g/mol. The molecular formula is C13H15NO2S. The van der Waals surface area contributed by atoms with Crippen LogP contribution in [0.25, 0.3) is 0 Å². The van der Waals surface area contributed by atoms with Gasteiger partial charge in [0.15, 0.2) is 0 Å². The van der Waals surface area contributed by atoms with Crippen molar-refractivity contribution in [2.45, 2.75) is 6.04 Å². The summed E-state index contributed by atoms with van der Waals surface area (Å²) in [6.45, 7) is 0. The predicted molar refractivity (Wildman–Crippen MR) is 69.9 cm³/mol. The summed E-state index contributed by atoms with van der Waals surface area (Å²) in [5.41, 5.74) is 8.27. The summed E-state index contributed by atoms with van der Waals surface area (Å²) in [6, 6.07) is 7.55. The van der Waals surface area contributed by atoms with Gasteiger partial charge in [0.1, 0.15) is 11.5 Å². The third-order valence-corrected chi connectivity index (χ3v) is 3.38. The predicted octanol–water partition coefficient (Wildman–Crippen LogP) is 2.81. The molecule has 0 bridgehead atoms. The quantitative estimate of drug-likeness (QED) is 0.906. The van der Waals surface area contributed by atoms with Gasteiger partial charge in [0, 0.05) is 11.6 Å². The zero-order valence-corrected chi connectivity index (χ0v) is 10.7. The van der Waals surface area contributed by atoms with Crippen LogP contribution in [0.3, 0.4) is 0 Å². The second kappa shape index (κ2) is 5.21. The molecule has 1 heterocycles. The van der Waals surface area contributed by atoms with Gasteiger partial charge in [-0.15, -0.1) is 0 Å². The van der Waals surface area contributed by atoms with E-state index in [-0.39, 0.29) is 6.04 Å². The van der Waals surface area contributed by atoms with Crippen molar-refractivity contribution in [2.24, 2.45) is 5.73 Å². The van der Waals surface area contributed by atoms with Crippen LogP contribution in [0.5, 0.6) is 11.5 Å². The zero-order chi connectivity index (χ0) is 12.3. The number of nitrogens with two attached hydrogens (primary N) is 1. The van der Waals surface area contributed by atoms with Crippen LogP contribution in [0, 0.1) is 0 Å². The summed E-state index contributed by atoms with van der Waals surface area (Å²) in [7, 11) is 3.27. The topological polar surface area (TPSA) is 44.5 Å². The maximum absolute atomic E-state index is 6.21. The molecule has 0 amide bonds. The summed E-state index contributed by atoms with van der Waals surface area (Å²) in [4.78, 5) is 0. The Kier molecular flexibility index (Phi) is 3.66. The van der Waals surface area contributed by atoms with Gasteiger partial charge in [-0.25, -0.2) is 0 Å². The molecule has 3 nitrogen and oxygen atoms in total. The first-order valence-electron chi connectivity index (χ1n) is 5.26. The normalized spacial score (nSPS) is 12.2. The minimum Gasteiger partial charge on any atom is -0.497 e. The maximum Gasteiger partial charge on any atom is 0.127 e. The highest BCUT2D eigenvalue weighted by Crippen LogP contribution is 2.32. The Labute approximate surface area is 105 Å². The average Bonchev–Trinajstić information content (AvgIpc) is 2.91. The summed E-state index contributed by atoms with van der Waals surface area (Å²) in [6.07, 6.45) is 0. The van der Waals surface area contributed by atoms with Gasteiger partial charge in [0.25, 0.3) is 0 Å². The van der Waals surface area contributed by atoms with Crippen molar-refractivity contribution >= 4 is 11.3 Å². The van der Waals surface area contributed by atoms with Crippen molar-refractivity contribution in [3.8, 4) is 11.5 Å². The summed E-state index contributed by atoms with van der Waals surface area (Å²) in [5.74, 6) is 1.52. The number of benzene rings is 1. The van der Waals surface area contributed by atoms with Crippen molar-refractivity contribution in [1.29, 1.82) is 0 Å². The van der Waals surface area contributed by atoms with Crippen LogP contribution in [0.15, 0.2) is 35.0 Å². The van der Waals surface area contributed by atoms with Gasteiger partial charge in [0.05, 0.1) is 20.3 Å². The molecule has 4 heteroatoms. The Bertz CT molecular complexity index is 482. The highest BCUT2D eigenvalue weighted by atomic mass is 32.1. The highest BCUT2D eigenvalue weighted by molar-refractivity contribution is 7.08. The van der Waals surface area contributed by atoms with E-state index in [1.807, 2.05) is 35.0 Å². The van der Waals surface area contributed by atoms with Crippen LogP contribution in [-0.4, -0.2) is 14.2 Å². The molecule has 1 aromatic heterocycles. The molecule has 2 aromatic rings. The van der Waals surface area contributed by atoms with Crippen molar-refractivity contribution in [2.75, 3.05) is 14.2 Å². The lowest BCUT2D eigenvalue weighted by Crippen LogP contribution is -2.12. The van der Waals surface area contributed by atoms with E-state index < -0.39 is 0 Å². The van der Waals surface area contributed by atoms with E-state index in [1.165, 1.54) is 0 Å². The van der Waals surface area contributed by atoms with Crippen molar-refractivity contribution < 1.29 is 9.47 Å². The van der Waals surface area contributed by atoms with Gasteiger partial charge in [-0.1, -0.05) is 0 Å². The number of hydrogen-bond donors (Lipinski definition) is 1. The molecule has 0 saturated heterocycles. The molecule has 0 radical (unpaired) electrons. The van der Waals surface area contributed by atoms with Gasteiger partial charge in [-0.05, 0) is 34.5 Å². The monoisotopic (exact) mass is 249 g/mol. The first-order valence-corrected chi connectivity index (χ1v) is 6.20. The molecule has 1 aromatic carbocycles. The smallest absolute Gasteiger partial charge is 0.127 e. The zero-order valence-electron chi connectivity index (χ0n) is 9.84. The molecule has 0 saturated carbocycles. The van der Waals surface area contributed by atoms with Crippen molar-refractivity contribution in [3.63, 3.8) is 0 Å². The van der Waals surface area contributed by atoms with Crippen LogP contribution in [0.4, 0.5) is 0 Å². The number of thiophene rings is 1. The van der Waals surface area contributed by atoms with Gasteiger partial charge >= 0.3 is 0 Å². The van der Waals surface area contributed by atoms with Crippen LogP contribution in [0.1, 0.15) is 17.2 Å². The third kappa shape index (κ3) is 2.43. The number of methoxy groups -OCH3 is 2. The lowest BCUT2D eigenvalue weighted by Gasteiger charge is -2.15. The Hall–Kier alpha value is -1.52. The second-order valence-electron chi connectivity index (χ2n) is 3.64. The molecule has 0 aliphatic heterocycles. The Balaban J connectivity index is 2.38. The molecule has 2 N–H and O–H groups in total. The first kappa shape index (κ1) is 12.0. The summed E-state index contributed by atoms with van der Waals surface area (Å²) in [5, 5.41) is 4.07. The largest absolute Gasteiger partial charge is 0.497 e. The first-order chi connectivity index (χ1) is 8.26. The van der Waals surface area contributed by atoms with E-state index in [4.69, 9.17) is 15.2 Å². The van der Waals surface area contributed by atoms with Crippen LogP contribution in [0.2, 0.25) is 0 Å². The Morgan fingerprint density at radius 1 is 1.18 bits per heavy atom. The van der Waals surface area contributed by atoms with Crippen LogP contribution in [-0.2, 0) is 0 Å². The van der Waals surface area contributed by atoms with E-state index >= 15 is 0 Å². The van der Waals surface area contributed by atoms with E-state index in [9.17, 15) is 0 Å². The fourth-order valence-corrected chi connectivity index (χ4v) is 2.40. The standard InChI is InChI=1S/C13H15NO2S/c1-15-10-3-4-11(12(7-10)16-2)13(14)9-5-6-17-8-9/h3-8,13H,14H2,1-2H3/t13-/m0/s1. The van der Waals surface area contributed by atoms with Crippen LogP contribution >= 0.6 is 11.3 Å². The molecule has 90 valence electrons. The number of hydrogen-bond acceptors (Lipinski definition) is 4. The van der Waals surface area contributed by atoms with Crippen LogP contribution < -0.4 is 15.2 Å². The fraction of sp³-hybridized carbons (Fsp3) is 0.231. The van der Waals surface area contributed by atoms with Gasteiger partial charge in [-0.3, -0.25) is 0 Å². The minimum atomic E-state index is -0.165. The molecule has 0 aliphatic rings. The van der Waals surface area contributed by atoms with Gasteiger partial charge in [0.2, 0.25) is 0 Å². The molecule has 1 atom stereocenters. The maximum atomic E-state index is 6.21. The van der Waals surface area contributed by atoms with Gasteiger partial charge in [-0.2, -0.15) is 11.3 Å². The number of ether oxygens (including phenoxy) is 2. The molecule has 0 fully saturated rings. The molecule has 0 aliphatic carbocycles. The molecule has 0 unspecified atom stereocenters. The Morgan fingerprint density at radius 2 is 2.00 bits per heavy atom. The average molecular weight is 249 g/mol. The molecule has 17 heavy (non-hydrogen) atoms. The van der Waals surface area contributed by atoms with Crippen molar-refractivity contribution in [3.05, 3.63) is 46.2 Å².